The molecule has 0 spiro atoms. The fraction of sp³-hybridized carbons (Fsp3) is 0.533. The van der Waals surface area contributed by atoms with Gasteiger partial charge in [0.15, 0.2) is 5.82 Å². The van der Waals surface area contributed by atoms with E-state index in [0.717, 1.165) is 31.6 Å². The molecule has 3 heterocycles. The molecule has 1 saturated heterocycles. The van der Waals surface area contributed by atoms with Crippen molar-refractivity contribution < 1.29 is 9.50 Å². The topological polar surface area (TPSA) is 67.1 Å². The number of aryl methyl sites for hydroxylation is 1. The van der Waals surface area contributed by atoms with E-state index in [1.54, 1.807) is 11.7 Å². The minimum atomic E-state index is -0.494. The molecule has 0 aliphatic carbocycles. The fourth-order valence-corrected chi connectivity index (χ4v) is 2.87. The van der Waals surface area contributed by atoms with Crippen molar-refractivity contribution in [1.29, 1.82) is 0 Å². The molecule has 118 valence electrons. The molecule has 3 rings (SSSR count). The summed E-state index contributed by atoms with van der Waals surface area (Å²) in [4.78, 5) is 10.6. The zero-order chi connectivity index (χ0) is 15.7. The van der Waals surface area contributed by atoms with Gasteiger partial charge in [0.2, 0.25) is 5.95 Å². The first-order valence-corrected chi connectivity index (χ1v) is 7.53. The maximum atomic E-state index is 14.3. The van der Waals surface area contributed by atoms with Gasteiger partial charge in [0.25, 0.3) is 0 Å². The number of hydrogen-bond acceptors (Lipinski definition) is 5. The van der Waals surface area contributed by atoms with Gasteiger partial charge in [0.1, 0.15) is 5.69 Å². The molecule has 0 amide bonds. The zero-order valence-corrected chi connectivity index (χ0v) is 12.9. The Bertz CT molecular complexity index is 679. The van der Waals surface area contributed by atoms with Gasteiger partial charge in [0, 0.05) is 31.4 Å². The summed E-state index contributed by atoms with van der Waals surface area (Å²) in [6.45, 7) is 3.37. The Morgan fingerprint density at radius 3 is 2.68 bits per heavy atom. The van der Waals surface area contributed by atoms with Crippen molar-refractivity contribution in [2.75, 3.05) is 18.0 Å². The highest BCUT2D eigenvalue weighted by molar-refractivity contribution is 5.66. The number of piperidine rings is 1. The number of aromatic nitrogens is 4. The van der Waals surface area contributed by atoms with Crippen LogP contribution in [0.3, 0.4) is 0 Å². The van der Waals surface area contributed by atoms with Crippen LogP contribution in [-0.2, 0) is 13.7 Å². The van der Waals surface area contributed by atoms with Crippen LogP contribution in [-0.4, -0.2) is 37.9 Å². The van der Waals surface area contributed by atoms with Crippen molar-refractivity contribution in [3.8, 4) is 11.3 Å². The third-order valence-electron chi connectivity index (χ3n) is 4.16. The molecule has 0 aromatic carbocycles. The van der Waals surface area contributed by atoms with E-state index in [2.05, 4.69) is 20.0 Å². The fourth-order valence-electron chi connectivity index (χ4n) is 2.87. The molecule has 1 N–H and O–H groups in total. The first kappa shape index (κ1) is 14.9. The number of anilines is 1. The molecule has 7 heteroatoms. The third kappa shape index (κ3) is 2.56. The second-order valence-electron chi connectivity index (χ2n) is 5.60. The van der Waals surface area contributed by atoms with Gasteiger partial charge in [-0.25, -0.2) is 14.4 Å². The van der Waals surface area contributed by atoms with Gasteiger partial charge in [-0.15, -0.1) is 0 Å². The van der Waals surface area contributed by atoms with Gasteiger partial charge in [0.05, 0.1) is 18.5 Å². The molecule has 0 atom stereocenters. The molecule has 2 aromatic heterocycles. The largest absolute Gasteiger partial charge is 0.390 e. The molecule has 2 aromatic rings. The number of hydrogen-bond donors (Lipinski definition) is 1. The molecule has 0 saturated carbocycles. The van der Waals surface area contributed by atoms with Crippen LogP contribution < -0.4 is 4.90 Å². The van der Waals surface area contributed by atoms with Crippen LogP contribution >= 0.6 is 0 Å². The third-order valence-corrected chi connectivity index (χ3v) is 4.16. The van der Waals surface area contributed by atoms with Gasteiger partial charge >= 0.3 is 0 Å². The smallest absolute Gasteiger partial charge is 0.226 e. The van der Waals surface area contributed by atoms with Crippen molar-refractivity contribution in [1.82, 2.24) is 19.7 Å². The Balaban J connectivity index is 2.07. The molecule has 22 heavy (non-hydrogen) atoms. The van der Waals surface area contributed by atoms with Crippen LogP contribution in [0.4, 0.5) is 10.3 Å². The minimum Gasteiger partial charge on any atom is -0.390 e. The van der Waals surface area contributed by atoms with E-state index >= 15 is 0 Å². The number of aliphatic hydroxyl groups is 1. The number of rotatable bonds is 3. The molecule has 1 aliphatic heterocycles. The zero-order valence-electron chi connectivity index (χ0n) is 12.9. The van der Waals surface area contributed by atoms with E-state index in [-0.39, 0.29) is 12.3 Å². The normalized spacial score (nSPS) is 15.4. The molecular formula is C15H20FN5O. The quantitative estimate of drug-likeness (QED) is 0.936. The van der Waals surface area contributed by atoms with E-state index in [1.807, 2.05) is 6.92 Å². The Labute approximate surface area is 128 Å². The van der Waals surface area contributed by atoms with Crippen molar-refractivity contribution in [3.05, 3.63) is 23.4 Å². The Morgan fingerprint density at radius 2 is 2.00 bits per heavy atom. The van der Waals surface area contributed by atoms with E-state index in [4.69, 9.17) is 0 Å². The lowest BCUT2D eigenvalue weighted by Crippen LogP contribution is -2.31. The molecular weight excluding hydrogens is 285 g/mol. The summed E-state index contributed by atoms with van der Waals surface area (Å²) in [5.41, 5.74) is 1.97. The first-order chi connectivity index (χ1) is 10.6. The predicted molar refractivity (Wildman–Crippen MR) is 80.9 cm³/mol. The highest BCUT2D eigenvalue weighted by Crippen LogP contribution is 2.29. The summed E-state index contributed by atoms with van der Waals surface area (Å²) < 4.78 is 15.9. The van der Waals surface area contributed by atoms with Crippen LogP contribution in [0.15, 0.2) is 6.20 Å². The highest BCUT2D eigenvalue weighted by atomic mass is 19.1. The van der Waals surface area contributed by atoms with Gasteiger partial charge in [-0.1, -0.05) is 0 Å². The van der Waals surface area contributed by atoms with Gasteiger partial charge in [-0.2, -0.15) is 5.10 Å². The van der Waals surface area contributed by atoms with Crippen LogP contribution in [0.2, 0.25) is 0 Å². The highest BCUT2D eigenvalue weighted by Gasteiger charge is 2.22. The molecule has 0 radical (unpaired) electrons. The van der Waals surface area contributed by atoms with Crippen LogP contribution in [0, 0.1) is 12.7 Å². The number of aliphatic hydroxyl groups excluding tert-OH is 1. The minimum absolute atomic E-state index is 0.213. The van der Waals surface area contributed by atoms with Crippen LogP contribution in [0.5, 0.6) is 0 Å². The molecule has 0 unspecified atom stereocenters. The number of nitrogens with zero attached hydrogens (tertiary/aromatic N) is 5. The second kappa shape index (κ2) is 6.00. The van der Waals surface area contributed by atoms with Gasteiger partial charge < -0.3 is 10.0 Å². The number of halogens is 1. The first-order valence-electron chi connectivity index (χ1n) is 7.53. The monoisotopic (exact) mass is 305 g/mol. The Kier molecular flexibility index (Phi) is 4.06. The van der Waals surface area contributed by atoms with Crippen LogP contribution in [0.1, 0.15) is 30.7 Å². The van der Waals surface area contributed by atoms with E-state index in [0.29, 0.717) is 17.2 Å². The Hall–Kier alpha value is -2.02. The van der Waals surface area contributed by atoms with Gasteiger partial charge in [-0.3, -0.25) is 4.68 Å². The molecule has 0 bridgehead atoms. The summed E-state index contributed by atoms with van der Waals surface area (Å²) in [6.07, 6.45) is 4.62. The summed E-state index contributed by atoms with van der Waals surface area (Å²) in [7, 11) is 1.77. The van der Waals surface area contributed by atoms with E-state index in [9.17, 15) is 9.50 Å². The lowest BCUT2D eigenvalue weighted by molar-refractivity contribution is 0.276. The van der Waals surface area contributed by atoms with Crippen molar-refractivity contribution in [2.45, 2.75) is 32.8 Å². The standard InChI is InChI=1S/C15H20FN5O/c1-10-13(12(9-22)19-20(10)2)14-11(16)8-17-15(18-14)21-6-4-3-5-7-21/h8,22H,3-7,9H2,1-2H3. The molecule has 1 aliphatic rings. The van der Waals surface area contributed by atoms with Crippen LogP contribution in [0.25, 0.3) is 11.3 Å². The Morgan fingerprint density at radius 1 is 1.27 bits per heavy atom. The predicted octanol–water partition coefficient (Wildman–Crippen LogP) is 1.81. The maximum absolute atomic E-state index is 14.3. The lowest BCUT2D eigenvalue weighted by atomic mass is 10.1. The molecule has 6 nitrogen and oxygen atoms in total. The summed E-state index contributed by atoms with van der Waals surface area (Å²) in [5, 5.41) is 13.7. The SMILES string of the molecule is Cc1c(-c2nc(N3CCCCC3)ncc2F)c(CO)nn1C. The average molecular weight is 305 g/mol. The van der Waals surface area contributed by atoms with Gasteiger partial charge in [-0.05, 0) is 26.2 Å². The summed E-state index contributed by atoms with van der Waals surface area (Å²) in [6, 6.07) is 0. The maximum Gasteiger partial charge on any atom is 0.226 e. The molecule has 1 fully saturated rings. The van der Waals surface area contributed by atoms with Crippen molar-refractivity contribution >= 4 is 5.95 Å². The average Bonchev–Trinajstić information content (AvgIpc) is 2.84. The second-order valence-corrected chi connectivity index (χ2v) is 5.60. The van der Waals surface area contributed by atoms with E-state index < -0.39 is 5.82 Å². The summed E-state index contributed by atoms with van der Waals surface area (Å²) >= 11 is 0. The lowest BCUT2D eigenvalue weighted by Gasteiger charge is -2.26. The van der Waals surface area contributed by atoms with Crippen molar-refractivity contribution in [2.24, 2.45) is 7.05 Å². The summed E-state index contributed by atoms with van der Waals surface area (Å²) in [5.74, 6) is 0.0507. The van der Waals surface area contributed by atoms with E-state index in [1.165, 1.54) is 12.6 Å². The van der Waals surface area contributed by atoms with Crippen molar-refractivity contribution in [3.63, 3.8) is 0 Å².